The van der Waals surface area contributed by atoms with Crippen LogP contribution in [0.2, 0.25) is 0 Å². The Hall–Kier alpha value is -3.52. The smallest absolute Gasteiger partial charge is 0.0979 e. The zero-order valence-electron chi connectivity index (χ0n) is 14.0. The van der Waals surface area contributed by atoms with Crippen LogP contribution in [0, 0.1) is 0 Å². The second-order valence-corrected chi connectivity index (χ2v) is 6.67. The molecule has 0 N–H and O–H groups in total. The second-order valence-electron chi connectivity index (χ2n) is 6.67. The van der Waals surface area contributed by atoms with E-state index in [2.05, 4.69) is 84.9 Å². The third kappa shape index (κ3) is 1.76. The molecule has 0 radical (unpaired) electrons. The molecule has 0 saturated heterocycles. The fraction of sp³-hybridized carbons (Fsp3) is 0. The molecule has 0 atom stereocenters. The highest BCUT2D eigenvalue weighted by Crippen LogP contribution is 2.35. The van der Waals surface area contributed by atoms with Gasteiger partial charge in [0.15, 0.2) is 0 Å². The van der Waals surface area contributed by atoms with Gasteiger partial charge >= 0.3 is 0 Å². The van der Waals surface area contributed by atoms with Crippen molar-refractivity contribution in [2.24, 2.45) is 0 Å². The summed E-state index contributed by atoms with van der Waals surface area (Å²) in [7, 11) is 0. The van der Waals surface area contributed by atoms with Gasteiger partial charge < -0.3 is 0 Å². The van der Waals surface area contributed by atoms with Gasteiger partial charge in [-0.1, -0.05) is 78.9 Å². The van der Waals surface area contributed by atoms with Gasteiger partial charge in [0.25, 0.3) is 0 Å². The van der Waals surface area contributed by atoms with E-state index in [1.54, 1.807) is 0 Å². The molecule has 1 heterocycles. The van der Waals surface area contributed by atoms with E-state index in [1.807, 2.05) is 0 Å². The summed E-state index contributed by atoms with van der Waals surface area (Å²) in [5, 5.41) is 7.11. The highest BCUT2D eigenvalue weighted by Gasteiger charge is 2.12. The van der Waals surface area contributed by atoms with Crippen molar-refractivity contribution in [3.63, 3.8) is 0 Å². The summed E-state index contributed by atoms with van der Waals surface area (Å²) < 4.78 is 0. The van der Waals surface area contributed by atoms with Crippen LogP contribution in [0.15, 0.2) is 84.9 Å². The van der Waals surface area contributed by atoms with Crippen molar-refractivity contribution in [1.29, 1.82) is 0 Å². The van der Waals surface area contributed by atoms with Crippen LogP contribution in [0.4, 0.5) is 0 Å². The quantitative estimate of drug-likeness (QED) is 0.243. The molecule has 120 valence electrons. The fourth-order valence-corrected chi connectivity index (χ4v) is 4.01. The lowest BCUT2D eigenvalue weighted by atomic mass is 9.99. The van der Waals surface area contributed by atoms with E-state index in [1.165, 1.54) is 16.2 Å². The second kappa shape index (κ2) is 4.99. The molecule has 2 heteroatoms. The van der Waals surface area contributed by atoms with Gasteiger partial charge in [-0.3, -0.25) is 0 Å². The molecule has 26 heavy (non-hydrogen) atoms. The highest BCUT2D eigenvalue weighted by molar-refractivity contribution is 6.24. The van der Waals surface area contributed by atoms with E-state index in [0.29, 0.717) is 0 Å². The van der Waals surface area contributed by atoms with Crippen molar-refractivity contribution in [3.05, 3.63) is 84.9 Å². The molecule has 0 spiro atoms. The predicted molar refractivity (Wildman–Crippen MR) is 110 cm³/mol. The lowest BCUT2D eigenvalue weighted by molar-refractivity contribution is 1.43. The third-order valence-corrected chi connectivity index (χ3v) is 5.21. The molecule has 0 aliphatic carbocycles. The molecule has 1 aromatic heterocycles. The van der Waals surface area contributed by atoms with Crippen molar-refractivity contribution in [3.8, 4) is 0 Å². The Labute approximate surface area is 149 Å². The molecule has 5 aromatic carbocycles. The minimum atomic E-state index is 0.941. The lowest BCUT2D eigenvalue weighted by Crippen LogP contribution is -1.92. The zero-order valence-corrected chi connectivity index (χ0v) is 14.0. The first-order valence-electron chi connectivity index (χ1n) is 8.79. The Morgan fingerprint density at radius 2 is 0.923 bits per heavy atom. The van der Waals surface area contributed by atoms with Crippen LogP contribution in [0.25, 0.3) is 54.4 Å². The standard InChI is InChI=1S/C24H14N2/c1-2-8-16-15(7-1)13-14-21-22(16)26-24-20-12-6-4-10-18(20)17-9-3-5-11-19(17)23(24)25-21/h1-14H. The Balaban J connectivity index is 1.95. The predicted octanol–water partition coefficient (Wildman–Crippen LogP) is 6.24. The van der Waals surface area contributed by atoms with Crippen LogP contribution >= 0.6 is 0 Å². The number of fused-ring (bicyclic) bond motifs is 9. The summed E-state index contributed by atoms with van der Waals surface area (Å²) in [4.78, 5) is 10.2. The molecule has 0 aliphatic heterocycles. The van der Waals surface area contributed by atoms with E-state index < -0.39 is 0 Å². The minimum absolute atomic E-state index is 0.941. The number of hydrogen-bond donors (Lipinski definition) is 0. The number of rotatable bonds is 0. The number of hydrogen-bond acceptors (Lipinski definition) is 2. The summed E-state index contributed by atoms with van der Waals surface area (Å²) in [6.45, 7) is 0. The molecular weight excluding hydrogens is 316 g/mol. The first-order valence-corrected chi connectivity index (χ1v) is 8.79. The van der Waals surface area contributed by atoms with Gasteiger partial charge in [0, 0.05) is 16.2 Å². The van der Waals surface area contributed by atoms with Gasteiger partial charge in [0.05, 0.1) is 22.1 Å². The number of benzene rings is 5. The van der Waals surface area contributed by atoms with Crippen molar-refractivity contribution < 1.29 is 0 Å². The summed E-state index contributed by atoms with van der Waals surface area (Å²) in [5.74, 6) is 0. The van der Waals surface area contributed by atoms with Crippen molar-refractivity contribution in [2.75, 3.05) is 0 Å². The van der Waals surface area contributed by atoms with Gasteiger partial charge in [-0.05, 0) is 22.2 Å². The summed E-state index contributed by atoms with van der Waals surface area (Å²) in [6, 6.07) is 29.5. The molecular formula is C24H14N2. The van der Waals surface area contributed by atoms with Crippen LogP contribution in [-0.4, -0.2) is 9.97 Å². The van der Waals surface area contributed by atoms with E-state index in [9.17, 15) is 0 Å². The van der Waals surface area contributed by atoms with Crippen molar-refractivity contribution in [1.82, 2.24) is 9.97 Å². The molecule has 0 saturated carbocycles. The maximum atomic E-state index is 5.12. The zero-order chi connectivity index (χ0) is 17.1. The monoisotopic (exact) mass is 330 g/mol. The van der Waals surface area contributed by atoms with Crippen molar-refractivity contribution >= 4 is 54.4 Å². The maximum Gasteiger partial charge on any atom is 0.0979 e. The molecule has 0 amide bonds. The number of aromatic nitrogens is 2. The van der Waals surface area contributed by atoms with Crippen LogP contribution in [0.1, 0.15) is 0 Å². The summed E-state index contributed by atoms with van der Waals surface area (Å²) in [6.07, 6.45) is 0. The van der Waals surface area contributed by atoms with E-state index in [-0.39, 0.29) is 0 Å². The topological polar surface area (TPSA) is 25.8 Å². The average molecular weight is 330 g/mol. The average Bonchev–Trinajstić information content (AvgIpc) is 2.73. The largest absolute Gasteiger partial charge is 0.244 e. The third-order valence-electron chi connectivity index (χ3n) is 5.21. The van der Waals surface area contributed by atoms with Crippen LogP contribution in [0.3, 0.4) is 0 Å². The van der Waals surface area contributed by atoms with E-state index >= 15 is 0 Å². The fourth-order valence-electron chi connectivity index (χ4n) is 4.01. The highest BCUT2D eigenvalue weighted by atomic mass is 14.8. The van der Waals surface area contributed by atoms with E-state index in [0.717, 1.165) is 38.2 Å². The maximum absolute atomic E-state index is 5.12. The van der Waals surface area contributed by atoms with E-state index in [4.69, 9.17) is 9.97 Å². The van der Waals surface area contributed by atoms with Crippen molar-refractivity contribution in [2.45, 2.75) is 0 Å². The SMILES string of the molecule is c1ccc2c(c1)ccc1nc3c4ccccc4c4ccccc4c3nc12. The molecule has 2 nitrogen and oxygen atoms in total. The van der Waals surface area contributed by atoms with Crippen LogP contribution < -0.4 is 0 Å². The van der Waals surface area contributed by atoms with Gasteiger partial charge in [-0.15, -0.1) is 0 Å². The normalized spacial score (nSPS) is 11.8. The summed E-state index contributed by atoms with van der Waals surface area (Å²) >= 11 is 0. The summed E-state index contributed by atoms with van der Waals surface area (Å²) in [5.41, 5.74) is 3.86. The van der Waals surface area contributed by atoms with Gasteiger partial charge in [0.1, 0.15) is 0 Å². The Morgan fingerprint density at radius 1 is 0.385 bits per heavy atom. The van der Waals surface area contributed by atoms with Crippen LogP contribution in [-0.2, 0) is 0 Å². The molecule has 0 aliphatic rings. The minimum Gasteiger partial charge on any atom is -0.244 e. The Bertz CT molecular complexity index is 1480. The van der Waals surface area contributed by atoms with Crippen LogP contribution in [0.5, 0.6) is 0 Å². The molecule has 0 fully saturated rings. The first kappa shape index (κ1) is 13.7. The Kier molecular flexibility index (Phi) is 2.64. The first-order chi connectivity index (χ1) is 12.9. The van der Waals surface area contributed by atoms with Gasteiger partial charge in [0.2, 0.25) is 0 Å². The molecule has 0 unspecified atom stereocenters. The lowest BCUT2D eigenvalue weighted by Gasteiger charge is -2.11. The Morgan fingerprint density at radius 3 is 1.62 bits per heavy atom. The molecule has 0 bridgehead atoms. The molecule has 6 rings (SSSR count). The van der Waals surface area contributed by atoms with Gasteiger partial charge in [-0.2, -0.15) is 0 Å². The van der Waals surface area contributed by atoms with Gasteiger partial charge in [-0.25, -0.2) is 9.97 Å². The number of nitrogens with zero attached hydrogens (tertiary/aromatic N) is 2. The molecule has 6 aromatic rings.